The van der Waals surface area contributed by atoms with Crippen LogP contribution in [0.2, 0.25) is 0 Å². The Labute approximate surface area is 144 Å². The number of nitrogens with one attached hydrogen (secondary N) is 1. The van der Waals surface area contributed by atoms with E-state index in [0.29, 0.717) is 11.3 Å². The van der Waals surface area contributed by atoms with Crippen molar-refractivity contribution < 1.29 is 9.21 Å². The fourth-order valence-electron chi connectivity index (χ4n) is 2.69. The number of thiazole rings is 1. The number of hydrogen-bond acceptors (Lipinski definition) is 7. The largest absolute Gasteiger partial charge is 0.444 e. The Bertz CT molecular complexity index is 754. The van der Waals surface area contributed by atoms with Crippen molar-refractivity contribution >= 4 is 28.3 Å². The number of aromatic nitrogens is 1. The van der Waals surface area contributed by atoms with Gasteiger partial charge in [0.2, 0.25) is 11.8 Å². The second-order valence-electron chi connectivity index (χ2n) is 5.73. The molecule has 1 N–H and O–H groups in total. The number of nitriles is 1. The molecule has 1 aliphatic heterocycles. The first kappa shape index (κ1) is 16.5. The number of piperazine rings is 1. The average Bonchev–Trinajstić information content (AvgIpc) is 3.18. The lowest BCUT2D eigenvalue weighted by atomic mass is 10.2. The molecule has 3 rings (SSSR count). The number of carbonyl (C=O) groups is 1. The summed E-state index contributed by atoms with van der Waals surface area (Å²) in [5.74, 6) is 0.737. The van der Waals surface area contributed by atoms with Crippen LogP contribution < -0.4 is 10.2 Å². The third kappa shape index (κ3) is 3.42. The molecule has 0 spiro atoms. The zero-order valence-electron chi connectivity index (χ0n) is 13.7. The van der Waals surface area contributed by atoms with Crippen LogP contribution in [0.15, 0.2) is 16.0 Å². The fourth-order valence-corrected chi connectivity index (χ4v) is 3.39. The maximum Gasteiger partial charge on any atom is 0.240 e. The molecule has 0 atom stereocenters. The second kappa shape index (κ2) is 7.03. The zero-order chi connectivity index (χ0) is 17.1. The van der Waals surface area contributed by atoms with Gasteiger partial charge in [0.25, 0.3) is 0 Å². The third-order valence-corrected chi connectivity index (χ3v) is 5.01. The smallest absolute Gasteiger partial charge is 0.240 e. The topological polar surface area (TPSA) is 85.4 Å². The van der Waals surface area contributed by atoms with Gasteiger partial charge in [0.05, 0.1) is 6.54 Å². The van der Waals surface area contributed by atoms with Gasteiger partial charge in [-0.15, -0.1) is 11.3 Å². The number of furan rings is 1. The Kier molecular flexibility index (Phi) is 4.83. The quantitative estimate of drug-likeness (QED) is 0.912. The summed E-state index contributed by atoms with van der Waals surface area (Å²) in [6.07, 6.45) is 1.81. The lowest BCUT2D eigenvalue weighted by Crippen LogP contribution is -2.48. The van der Waals surface area contributed by atoms with E-state index >= 15 is 0 Å². The van der Waals surface area contributed by atoms with Crippen LogP contribution in [0.25, 0.3) is 0 Å². The Morgan fingerprint density at radius 1 is 1.42 bits per heavy atom. The van der Waals surface area contributed by atoms with Crippen molar-refractivity contribution in [3.05, 3.63) is 28.5 Å². The molecule has 2 aromatic rings. The minimum atomic E-state index is -0.164. The number of amides is 1. The molecule has 2 aromatic heterocycles. The summed E-state index contributed by atoms with van der Waals surface area (Å²) in [4.78, 5) is 20.9. The highest BCUT2D eigenvalue weighted by Gasteiger charge is 2.22. The molecule has 0 aromatic carbocycles. The molecule has 0 bridgehead atoms. The highest BCUT2D eigenvalue weighted by Crippen LogP contribution is 2.25. The first-order valence-corrected chi connectivity index (χ1v) is 8.63. The van der Waals surface area contributed by atoms with E-state index in [9.17, 15) is 10.1 Å². The zero-order valence-corrected chi connectivity index (χ0v) is 14.5. The van der Waals surface area contributed by atoms with Crippen LogP contribution in [-0.2, 0) is 4.79 Å². The first-order chi connectivity index (χ1) is 11.6. The van der Waals surface area contributed by atoms with Gasteiger partial charge in [-0.25, -0.2) is 4.98 Å². The Morgan fingerprint density at radius 3 is 2.79 bits per heavy atom. The van der Waals surface area contributed by atoms with E-state index in [-0.39, 0.29) is 18.3 Å². The summed E-state index contributed by atoms with van der Waals surface area (Å²) in [6.45, 7) is 7.18. The molecule has 3 heterocycles. The highest BCUT2D eigenvalue weighted by atomic mass is 32.1. The van der Waals surface area contributed by atoms with Gasteiger partial charge < -0.3 is 9.32 Å². The van der Waals surface area contributed by atoms with Crippen LogP contribution >= 0.6 is 11.3 Å². The van der Waals surface area contributed by atoms with E-state index in [1.165, 1.54) is 0 Å². The van der Waals surface area contributed by atoms with Crippen LogP contribution in [0.5, 0.6) is 0 Å². The molecule has 1 aliphatic rings. The van der Waals surface area contributed by atoms with Crippen molar-refractivity contribution in [3.63, 3.8) is 0 Å². The lowest BCUT2D eigenvalue weighted by molar-refractivity contribution is -0.117. The molecule has 7 nitrogen and oxygen atoms in total. The van der Waals surface area contributed by atoms with Gasteiger partial charge in [-0.2, -0.15) is 5.26 Å². The van der Waals surface area contributed by atoms with Crippen LogP contribution in [-0.4, -0.2) is 48.5 Å². The van der Waals surface area contributed by atoms with E-state index in [4.69, 9.17) is 4.42 Å². The van der Waals surface area contributed by atoms with E-state index in [1.54, 1.807) is 24.5 Å². The van der Waals surface area contributed by atoms with E-state index in [0.717, 1.165) is 36.9 Å². The molecule has 126 valence electrons. The Balaban J connectivity index is 1.53. The Morgan fingerprint density at radius 2 is 2.17 bits per heavy atom. The standard InChI is InChI=1S/C16H19N5O2S/c1-11-12(2)23-15(13(11)9-17)19-14(22)10-20-4-6-21(7-5-20)16-18-3-8-24-16/h3,8H,4-7,10H2,1-2H3,(H,19,22). The molecule has 1 fully saturated rings. The van der Waals surface area contributed by atoms with Crippen molar-refractivity contribution in [2.45, 2.75) is 13.8 Å². The molecular weight excluding hydrogens is 326 g/mol. The maximum absolute atomic E-state index is 12.2. The minimum absolute atomic E-state index is 0.164. The summed E-state index contributed by atoms with van der Waals surface area (Å²) < 4.78 is 5.47. The summed E-state index contributed by atoms with van der Waals surface area (Å²) in [5.41, 5.74) is 1.17. The number of hydrogen-bond donors (Lipinski definition) is 1. The van der Waals surface area contributed by atoms with Gasteiger partial charge in [-0.05, 0) is 13.8 Å². The average molecular weight is 345 g/mol. The van der Waals surface area contributed by atoms with Crippen molar-refractivity contribution in [3.8, 4) is 6.07 Å². The van der Waals surface area contributed by atoms with E-state index in [2.05, 4.69) is 26.2 Å². The van der Waals surface area contributed by atoms with Gasteiger partial charge in [-0.3, -0.25) is 15.0 Å². The maximum atomic E-state index is 12.2. The normalized spacial score (nSPS) is 15.3. The van der Waals surface area contributed by atoms with Crippen molar-refractivity contribution in [1.82, 2.24) is 9.88 Å². The van der Waals surface area contributed by atoms with Crippen LogP contribution in [0.3, 0.4) is 0 Å². The molecule has 1 saturated heterocycles. The number of aryl methyl sites for hydroxylation is 1. The number of rotatable bonds is 4. The number of anilines is 2. The molecular formula is C16H19N5O2S. The third-order valence-electron chi connectivity index (χ3n) is 4.18. The molecule has 0 aliphatic carbocycles. The summed E-state index contributed by atoms with van der Waals surface area (Å²) in [6, 6.07) is 2.08. The monoisotopic (exact) mass is 345 g/mol. The number of nitrogens with zero attached hydrogens (tertiary/aromatic N) is 4. The molecule has 0 unspecified atom stereocenters. The first-order valence-electron chi connectivity index (χ1n) is 7.75. The van der Waals surface area contributed by atoms with E-state index in [1.807, 2.05) is 12.3 Å². The predicted octanol–water partition coefficient (Wildman–Crippen LogP) is 1.99. The molecule has 0 saturated carbocycles. The van der Waals surface area contributed by atoms with Crippen molar-refractivity contribution in [2.24, 2.45) is 0 Å². The molecule has 1 amide bonds. The highest BCUT2D eigenvalue weighted by molar-refractivity contribution is 7.13. The predicted molar refractivity (Wildman–Crippen MR) is 92.3 cm³/mol. The van der Waals surface area contributed by atoms with E-state index < -0.39 is 0 Å². The summed E-state index contributed by atoms with van der Waals surface area (Å²) in [7, 11) is 0. The van der Waals surface area contributed by atoms with Crippen LogP contribution in [0.4, 0.5) is 11.0 Å². The van der Waals surface area contributed by atoms with Gasteiger partial charge in [-0.1, -0.05) is 0 Å². The van der Waals surface area contributed by atoms with Gasteiger partial charge in [0.15, 0.2) is 5.13 Å². The van der Waals surface area contributed by atoms with Crippen LogP contribution in [0, 0.1) is 25.2 Å². The number of carbonyl (C=O) groups excluding carboxylic acids is 1. The molecule has 8 heteroatoms. The SMILES string of the molecule is Cc1oc(NC(=O)CN2CCN(c3nccs3)CC2)c(C#N)c1C. The Hall–Kier alpha value is -2.37. The second-order valence-corrected chi connectivity index (χ2v) is 6.60. The van der Waals surface area contributed by atoms with Crippen LogP contribution in [0.1, 0.15) is 16.9 Å². The van der Waals surface area contributed by atoms with Gasteiger partial charge >= 0.3 is 0 Å². The molecule has 24 heavy (non-hydrogen) atoms. The lowest BCUT2D eigenvalue weighted by Gasteiger charge is -2.33. The fraction of sp³-hybridized carbons (Fsp3) is 0.438. The minimum Gasteiger partial charge on any atom is -0.444 e. The van der Waals surface area contributed by atoms with Gasteiger partial charge in [0.1, 0.15) is 17.4 Å². The summed E-state index contributed by atoms with van der Waals surface area (Å²) >= 11 is 1.63. The molecule has 0 radical (unpaired) electrons. The van der Waals surface area contributed by atoms with Crippen molar-refractivity contribution in [1.29, 1.82) is 5.26 Å². The summed E-state index contributed by atoms with van der Waals surface area (Å²) in [5, 5.41) is 14.9. The van der Waals surface area contributed by atoms with Crippen molar-refractivity contribution in [2.75, 3.05) is 42.9 Å². The van der Waals surface area contributed by atoms with Gasteiger partial charge in [0, 0.05) is 43.3 Å².